The van der Waals surface area contributed by atoms with Crippen LogP contribution >= 0.6 is 0 Å². The lowest BCUT2D eigenvalue weighted by atomic mass is 10.3. The zero-order valence-corrected chi connectivity index (χ0v) is 11.2. The van der Waals surface area contributed by atoms with Crippen LogP contribution in [0.15, 0.2) is 36.7 Å². The number of carbonyl (C=O) groups excluding carboxylic acids is 1. The van der Waals surface area contributed by atoms with E-state index in [0.717, 1.165) is 0 Å². The molecule has 0 radical (unpaired) electrons. The largest absolute Gasteiger partial charge is 0.349 e. The molecule has 0 unspecified atom stereocenters. The van der Waals surface area contributed by atoms with Crippen molar-refractivity contribution >= 4 is 17.4 Å². The van der Waals surface area contributed by atoms with Gasteiger partial charge in [-0.1, -0.05) is 12.1 Å². The van der Waals surface area contributed by atoms with Crippen LogP contribution in [0.5, 0.6) is 0 Å². The Labute approximate surface area is 116 Å². The van der Waals surface area contributed by atoms with Gasteiger partial charge in [0.2, 0.25) is 0 Å². The van der Waals surface area contributed by atoms with Crippen molar-refractivity contribution in [3.05, 3.63) is 48.2 Å². The summed E-state index contributed by atoms with van der Waals surface area (Å²) >= 11 is 0. The lowest BCUT2D eigenvalue weighted by molar-refractivity contribution is 0.0938. The number of amides is 1. The molecule has 2 N–H and O–H groups in total. The second kappa shape index (κ2) is 6.10. The van der Waals surface area contributed by atoms with E-state index in [-0.39, 0.29) is 23.5 Å². The second-order valence-electron chi connectivity index (χ2n) is 4.52. The van der Waals surface area contributed by atoms with Crippen molar-refractivity contribution in [2.45, 2.75) is 19.9 Å². The Kier molecular flexibility index (Phi) is 4.24. The Bertz CT molecular complexity index is 616. The fourth-order valence-electron chi connectivity index (χ4n) is 1.59. The maximum absolute atomic E-state index is 13.5. The molecule has 0 atom stereocenters. The summed E-state index contributed by atoms with van der Waals surface area (Å²) in [4.78, 5) is 19.7. The van der Waals surface area contributed by atoms with Crippen LogP contribution in [-0.2, 0) is 0 Å². The molecule has 1 amide bonds. The monoisotopic (exact) mass is 274 g/mol. The fraction of sp³-hybridized carbons (Fsp3) is 0.214. The molecule has 20 heavy (non-hydrogen) atoms. The lowest BCUT2D eigenvalue weighted by Crippen LogP contribution is -2.30. The molecule has 0 spiro atoms. The lowest BCUT2D eigenvalue weighted by Gasteiger charge is -2.09. The van der Waals surface area contributed by atoms with Gasteiger partial charge in [0.25, 0.3) is 5.91 Å². The van der Waals surface area contributed by atoms with E-state index in [4.69, 9.17) is 0 Å². The van der Waals surface area contributed by atoms with Gasteiger partial charge in [0.15, 0.2) is 0 Å². The summed E-state index contributed by atoms with van der Waals surface area (Å²) < 4.78 is 13.5. The number of halogens is 1. The first kappa shape index (κ1) is 13.9. The van der Waals surface area contributed by atoms with Gasteiger partial charge in [0.1, 0.15) is 23.7 Å². The summed E-state index contributed by atoms with van der Waals surface area (Å²) in [5.74, 6) is -0.322. The van der Waals surface area contributed by atoms with E-state index in [1.807, 2.05) is 13.8 Å². The van der Waals surface area contributed by atoms with Gasteiger partial charge in [0.05, 0.1) is 5.69 Å². The SMILES string of the molecule is CC(C)NC(=O)c1cc(Nc2ccccc2F)ncn1. The average Bonchev–Trinajstić information content (AvgIpc) is 2.41. The molecule has 0 aliphatic rings. The number of aromatic nitrogens is 2. The van der Waals surface area contributed by atoms with Gasteiger partial charge in [-0.25, -0.2) is 14.4 Å². The molecule has 2 aromatic rings. The van der Waals surface area contributed by atoms with Crippen molar-refractivity contribution in [1.82, 2.24) is 15.3 Å². The molecule has 0 saturated carbocycles. The van der Waals surface area contributed by atoms with E-state index >= 15 is 0 Å². The molecule has 0 fully saturated rings. The highest BCUT2D eigenvalue weighted by Gasteiger charge is 2.10. The Morgan fingerprint density at radius 2 is 2.00 bits per heavy atom. The van der Waals surface area contributed by atoms with Gasteiger partial charge in [-0.05, 0) is 26.0 Å². The van der Waals surface area contributed by atoms with Crippen molar-refractivity contribution in [2.24, 2.45) is 0 Å². The summed E-state index contributed by atoms with van der Waals surface area (Å²) in [5.41, 5.74) is 0.522. The predicted molar refractivity (Wildman–Crippen MR) is 74.3 cm³/mol. The molecule has 5 nitrogen and oxygen atoms in total. The van der Waals surface area contributed by atoms with E-state index in [9.17, 15) is 9.18 Å². The summed E-state index contributed by atoms with van der Waals surface area (Å²) in [6.07, 6.45) is 1.26. The average molecular weight is 274 g/mol. The molecule has 1 heterocycles. The van der Waals surface area contributed by atoms with Crippen molar-refractivity contribution < 1.29 is 9.18 Å². The van der Waals surface area contributed by atoms with Crippen molar-refractivity contribution in [2.75, 3.05) is 5.32 Å². The number of rotatable bonds is 4. The maximum atomic E-state index is 13.5. The van der Waals surface area contributed by atoms with Crippen LogP contribution < -0.4 is 10.6 Å². The van der Waals surface area contributed by atoms with Crippen LogP contribution in [0.4, 0.5) is 15.9 Å². The quantitative estimate of drug-likeness (QED) is 0.899. The van der Waals surface area contributed by atoms with E-state index < -0.39 is 0 Å². The number of benzene rings is 1. The third-order valence-electron chi connectivity index (χ3n) is 2.46. The van der Waals surface area contributed by atoms with E-state index in [1.54, 1.807) is 18.2 Å². The van der Waals surface area contributed by atoms with E-state index in [0.29, 0.717) is 11.5 Å². The molecule has 0 aliphatic heterocycles. The van der Waals surface area contributed by atoms with Crippen molar-refractivity contribution in [3.8, 4) is 0 Å². The normalized spacial score (nSPS) is 10.4. The van der Waals surface area contributed by atoms with Crippen molar-refractivity contribution in [1.29, 1.82) is 0 Å². The molecule has 2 rings (SSSR count). The maximum Gasteiger partial charge on any atom is 0.270 e. The van der Waals surface area contributed by atoms with Gasteiger partial charge < -0.3 is 10.6 Å². The Balaban J connectivity index is 2.18. The van der Waals surface area contributed by atoms with Gasteiger partial charge in [-0.3, -0.25) is 4.79 Å². The van der Waals surface area contributed by atoms with E-state index in [2.05, 4.69) is 20.6 Å². The third kappa shape index (κ3) is 3.50. The number of nitrogens with zero attached hydrogens (tertiary/aromatic N) is 2. The van der Waals surface area contributed by atoms with Crippen LogP contribution in [0.25, 0.3) is 0 Å². The molecule has 104 valence electrons. The predicted octanol–water partition coefficient (Wildman–Crippen LogP) is 2.50. The van der Waals surface area contributed by atoms with Crippen molar-refractivity contribution in [3.63, 3.8) is 0 Å². The molecule has 0 aliphatic carbocycles. The highest BCUT2D eigenvalue weighted by Crippen LogP contribution is 2.17. The number of hydrogen-bond acceptors (Lipinski definition) is 4. The van der Waals surface area contributed by atoms with E-state index in [1.165, 1.54) is 18.5 Å². The number of para-hydroxylation sites is 1. The highest BCUT2D eigenvalue weighted by molar-refractivity contribution is 5.93. The van der Waals surface area contributed by atoms with Crippen LogP contribution in [-0.4, -0.2) is 21.9 Å². The van der Waals surface area contributed by atoms with Crippen LogP contribution in [0, 0.1) is 5.82 Å². The minimum Gasteiger partial charge on any atom is -0.349 e. The van der Waals surface area contributed by atoms with Gasteiger partial charge in [0, 0.05) is 12.1 Å². The third-order valence-corrected chi connectivity index (χ3v) is 2.46. The smallest absolute Gasteiger partial charge is 0.270 e. The molecular formula is C14H15FN4O. The summed E-state index contributed by atoms with van der Waals surface area (Å²) in [6, 6.07) is 7.73. The second-order valence-corrected chi connectivity index (χ2v) is 4.52. The number of nitrogens with one attached hydrogen (secondary N) is 2. The molecule has 0 saturated heterocycles. The molecule has 1 aromatic heterocycles. The molecule has 1 aromatic carbocycles. The summed E-state index contributed by atoms with van der Waals surface area (Å²) in [7, 11) is 0. The summed E-state index contributed by atoms with van der Waals surface area (Å²) in [5, 5.41) is 5.55. The minimum absolute atomic E-state index is 0.0143. The van der Waals surface area contributed by atoms with Gasteiger partial charge in [-0.15, -0.1) is 0 Å². The fourth-order valence-corrected chi connectivity index (χ4v) is 1.59. The molecular weight excluding hydrogens is 259 g/mol. The Hall–Kier alpha value is -2.50. The van der Waals surface area contributed by atoms with Gasteiger partial charge >= 0.3 is 0 Å². The van der Waals surface area contributed by atoms with Gasteiger partial charge in [-0.2, -0.15) is 0 Å². The zero-order valence-electron chi connectivity index (χ0n) is 11.2. The molecule has 6 heteroatoms. The highest BCUT2D eigenvalue weighted by atomic mass is 19.1. The summed E-state index contributed by atoms with van der Waals surface area (Å²) in [6.45, 7) is 3.72. The number of anilines is 2. The first-order chi connectivity index (χ1) is 9.56. The first-order valence-electron chi connectivity index (χ1n) is 6.20. The number of hydrogen-bond donors (Lipinski definition) is 2. The molecule has 0 bridgehead atoms. The van der Waals surface area contributed by atoms with Crippen LogP contribution in [0.3, 0.4) is 0 Å². The zero-order chi connectivity index (χ0) is 14.5. The van der Waals surface area contributed by atoms with Crippen LogP contribution in [0.2, 0.25) is 0 Å². The standard InChI is InChI=1S/C14H15FN4O/c1-9(2)18-14(20)12-7-13(17-8-16-12)19-11-6-4-3-5-10(11)15/h3-9H,1-2H3,(H,18,20)(H,16,17,19). The minimum atomic E-state index is -0.390. The Morgan fingerprint density at radius 1 is 1.25 bits per heavy atom. The topological polar surface area (TPSA) is 66.9 Å². The first-order valence-corrected chi connectivity index (χ1v) is 6.20. The number of carbonyl (C=O) groups is 1. The van der Waals surface area contributed by atoms with Crippen LogP contribution in [0.1, 0.15) is 24.3 Å². The Morgan fingerprint density at radius 3 is 2.70 bits per heavy atom.